The zero-order valence-electron chi connectivity index (χ0n) is 13.1. The van der Waals surface area contributed by atoms with Gasteiger partial charge in [0.25, 0.3) is 0 Å². The molecule has 2 aromatic carbocycles. The van der Waals surface area contributed by atoms with Crippen LogP contribution in [0.4, 0.5) is 5.69 Å². The highest BCUT2D eigenvalue weighted by Gasteiger charge is 2.02. The molecule has 0 spiro atoms. The lowest BCUT2D eigenvalue weighted by Crippen LogP contribution is -2.07. The minimum atomic E-state index is -0.181. The average Bonchev–Trinajstić information content (AvgIpc) is 3.15. The molecule has 0 aliphatic heterocycles. The molecule has 24 heavy (non-hydrogen) atoms. The maximum Gasteiger partial charge on any atom is 0.248 e. The first-order valence-electron chi connectivity index (χ1n) is 7.37. The maximum atomic E-state index is 12.0. The van der Waals surface area contributed by atoms with Crippen molar-refractivity contribution in [2.75, 3.05) is 12.4 Å². The number of rotatable bonds is 5. The lowest BCUT2D eigenvalue weighted by molar-refractivity contribution is -0.111. The van der Waals surface area contributed by atoms with E-state index in [1.54, 1.807) is 30.7 Å². The van der Waals surface area contributed by atoms with Gasteiger partial charge in [-0.05, 0) is 48.0 Å². The Morgan fingerprint density at radius 3 is 2.75 bits per heavy atom. The second-order valence-corrected chi connectivity index (χ2v) is 5.91. The highest BCUT2D eigenvalue weighted by Crippen LogP contribution is 2.23. The molecule has 4 nitrogen and oxygen atoms in total. The Bertz CT molecular complexity index is 840. The first kappa shape index (κ1) is 16.0. The highest BCUT2D eigenvalue weighted by molar-refractivity contribution is 7.13. The van der Waals surface area contributed by atoms with E-state index in [-0.39, 0.29) is 5.91 Å². The van der Waals surface area contributed by atoms with Crippen molar-refractivity contribution in [1.29, 1.82) is 0 Å². The summed E-state index contributed by atoms with van der Waals surface area (Å²) in [4.78, 5) is 16.3. The molecule has 1 N–H and O–H groups in total. The molecule has 5 heteroatoms. The summed E-state index contributed by atoms with van der Waals surface area (Å²) in [6.45, 7) is 0. The van der Waals surface area contributed by atoms with Gasteiger partial charge in [-0.3, -0.25) is 4.79 Å². The van der Waals surface area contributed by atoms with Gasteiger partial charge >= 0.3 is 0 Å². The summed E-state index contributed by atoms with van der Waals surface area (Å²) in [5.74, 6) is 0.579. The molecule has 0 bridgehead atoms. The van der Waals surface area contributed by atoms with Crippen LogP contribution in [0.15, 0.2) is 66.2 Å². The first-order valence-corrected chi connectivity index (χ1v) is 8.25. The standard InChI is InChI=1S/C19H16N2O2S/c1-23-17-4-2-3-14(13-17)5-10-18(22)21-16-8-6-15(7-9-16)19-20-11-12-24-19/h2-13H,1H3,(H,21,22). The van der Waals surface area contributed by atoms with Gasteiger partial charge in [-0.1, -0.05) is 12.1 Å². The number of carbonyl (C=O) groups is 1. The van der Waals surface area contributed by atoms with Crippen LogP contribution in [0.2, 0.25) is 0 Å². The summed E-state index contributed by atoms with van der Waals surface area (Å²) in [7, 11) is 1.62. The van der Waals surface area contributed by atoms with Gasteiger partial charge < -0.3 is 10.1 Å². The van der Waals surface area contributed by atoms with Crippen LogP contribution in [0.25, 0.3) is 16.6 Å². The molecule has 0 aliphatic carbocycles. The lowest BCUT2D eigenvalue weighted by Gasteiger charge is -2.03. The van der Waals surface area contributed by atoms with Gasteiger partial charge in [0.05, 0.1) is 7.11 Å². The molecule has 1 amide bonds. The number of ether oxygens (including phenoxy) is 1. The zero-order chi connectivity index (χ0) is 16.8. The molecule has 0 saturated carbocycles. The minimum Gasteiger partial charge on any atom is -0.497 e. The molecule has 0 aliphatic rings. The minimum absolute atomic E-state index is 0.181. The van der Waals surface area contributed by atoms with Crippen LogP contribution in [-0.4, -0.2) is 18.0 Å². The lowest BCUT2D eigenvalue weighted by atomic mass is 10.2. The Labute approximate surface area is 144 Å². The summed E-state index contributed by atoms with van der Waals surface area (Å²) in [6, 6.07) is 15.2. The Hall–Kier alpha value is -2.92. The SMILES string of the molecule is COc1cccc(C=CC(=O)Nc2ccc(-c3nccs3)cc2)c1. The maximum absolute atomic E-state index is 12.0. The van der Waals surface area contributed by atoms with Crippen molar-refractivity contribution in [3.8, 4) is 16.3 Å². The van der Waals surface area contributed by atoms with E-state index in [2.05, 4.69) is 10.3 Å². The van der Waals surface area contributed by atoms with Gasteiger partial charge in [0, 0.05) is 28.9 Å². The van der Waals surface area contributed by atoms with Crippen molar-refractivity contribution in [3.05, 3.63) is 71.7 Å². The largest absolute Gasteiger partial charge is 0.497 e. The van der Waals surface area contributed by atoms with Gasteiger partial charge in [0.1, 0.15) is 10.8 Å². The molecule has 0 unspecified atom stereocenters. The number of methoxy groups -OCH3 is 1. The van der Waals surface area contributed by atoms with Crippen molar-refractivity contribution in [2.45, 2.75) is 0 Å². The van der Waals surface area contributed by atoms with Crippen LogP contribution in [0.1, 0.15) is 5.56 Å². The van der Waals surface area contributed by atoms with E-state index in [4.69, 9.17) is 4.74 Å². The normalized spacial score (nSPS) is 10.7. The predicted molar refractivity (Wildman–Crippen MR) is 98.2 cm³/mol. The highest BCUT2D eigenvalue weighted by atomic mass is 32.1. The van der Waals surface area contributed by atoms with Crippen LogP contribution in [0.5, 0.6) is 5.75 Å². The summed E-state index contributed by atoms with van der Waals surface area (Å²) < 4.78 is 5.16. The van der Waals surface area contributed by atoms with E-state index in [9.17, 15) is 4.79 Å². The fraction of sp³-hybridized carbons (Fsp3) is 0.0526. The van der Waals surface area contributed by atoms with Crippen LogP contribution >= 0.6 is 11.3 Å². The summed E-state index contributed by atoms with van der Waals surface area (Å²) in [5.41, 5.74) is 2.69. The molecule has 3 aromatic rings. The number of nitrogens with zero attached hydrogens (tertiary/aromatic N) is 1. The van der Waals surface area contributed by atoms with E-state index < -0.39 is 0 Å². The molecule has 0 atom stereocenters. The number of aromatic nitrogens is 1. The number of hydrogen-bond acceptors (Lipinski definition) is 4. The number of amides is 1. The van der Waals surface area contributed by atoms with Gasteiger partial charge in [-0.2, -0.15) is 0 Å². The molecule has 0 radical (unpaired) electrons. The fourth-order valence-corrected chi connectivity index (χ4v) is 2.81. The molecule has 1 aromatic heterocycles. The molecule has 1 heterocycles. The van der Waals surface area contributed by atoms with Gasteiger partial charge in [-0.25, -0.2) is 4.98 Å². The Morgan fingerprint density at radius 2 is 2.04 bits per heavy atom. The van der Waals surface area contributed by atoms with Gasteiger partial charge in [0.2, 0.25) is 5.91 Å². The summed E-state index contributed by atoms with van der Waals surface area (Å²) in [5, 5.41) is 5.74. The second kappa shape index (κ2) is 7.57. The third kappa shape index (κ3) is 4.08. The molecular weight excluding hydrogens is 320 g/mol. The number of carbonyl (C=O) groups excluding carboxylic acids is 1. The first-order chi connectivity index (χ1) is 11.7. The zero-order valence-corrected chi connectivity index (χ0v) is 13.9. The molecule has 3 rings (SSSR count). The van der Waals surface area contributed by atoms with Crippen LogP contribution < -0.4 is 10.1 Å². The molecular formula is C19H16N2O2S. The molecule has 120 valence electrons. The second-order valence-electron chi connectivity index (χ2n) is 5.01. The van der Waals surface area contributed by atoms with Crippen LogP contribution in [0.3, 0.4) is 0 Å². The van der Waals surface area contributed by atoms with E-state index >= 15 is 0 Å². The number of hydrogen-bond donors (Lipinski definition) is 1. The van der Waals surface area contributed by atoms with Crippen molar-refractivity contribution in [2.24, 2.45) is 0 Å². The van der Waals surface area contributed by atoms with Gasteiger partial charge in [0.15, 0.2) is 0 Å². The van der Waals surface area contributed by atoms with E-state index in [0.29, 0.717) is 0 Å². The smallest absolute Gasteiger partial charge is 0.248 e. The third-order valence-electron chi connectivity index (χ3n) is 3.35. The Kier molecular flexibility index (Phi) is 5.03. The fourth-order valence-electron chi connectivity index (χ4n) is 2.16. The monoisotopic (exact) mass is 336 g/mol. The Balaban J connectivity index is 1.63. The Morgan fingerprint density at radius 1 is 1.21 bits per heavy atom. The topological polar surface area (TPSA) is 51.2 Å². The van der Waals surface area contributed by atoms with Crippen molar-refractivity contribution in [1.82, 2.24) is 4.98 Å². The summed E-state index contributed by atoms with van der Waals surface area (Å²) in [6.07, 6.45) is 5.03. The third-order valence-corrected chi connectivity index (χ3v) is 4.17. The van der Waals surface area contributed by atoms with Crippen molar-refractivity contribution in [3.63, 3.8) is 0 Å². The van der Waals surface area contributed by atoms with Crippen molar-refractivity contribution < 1.29 is 9.53 Å². The molecule has 0 fully saturated rings. The number of thiazole rings is 1. The average molecular weight is 336 g/mol. The van der Waals surface area contributed by atoms with Gasteiger partial charge in [-0.15, -0.1) is 11.3 Å². The quantitative estimate of drug-likeness (QED) is 0.699. The van der Waals surface area contributed by atoms with E-state index in [1.807, 2.05) is 53.9 Å². The molecule has 0 saturated heterocycles. The van der Waals surface area contributed by atoms with E-state index in [1.165, 1.54) is 6.08 Å². The number of anilines is 1. The number of benzene rings is 2. The van der Waals surface area contributed by atoms with E-state index in [0.717, 1.165) is 27.6 Å². The van der Waals surface area contributed by atoms with Crippen molar-refractivity contribution >= 4 is 29.0 Å². The predicted octanol–water partition coefficient (Wildman–Crippen LogP) is 4.47. The summed E-state index contributed by atoms with van der Waals surface area (Å²) >= 11 is 1.58. The van der Waals surface area contributed by atoms with Crippen LogP contribution in [0, 0.1) is 0 Å². The number of nitrogens with one attached hydrogen (secondary N) is 1. The van der Waals surface area contributed by atoms with Crippen LogP contribution in [-0.2, 0) is 4.79 Å².